The van der Waals surface area contributed by atoms with Crippen LogP contribution < -0.4 is 15.8 Å². The minimum atomic E-state index is -0.350. The van der Waals surface area contributed by atoms with Crippen LogP contribution in [0.2, 0.25) is 0 Å². The number of nitrogens with one attached hydrogen (secondary N) is 1. The zero-order valence-electron chi connectivity index (χ0n) is 12.4. The highest BCUT2D eigenvalue weighted by Crippen LogP contribution is 2.29. The van der Waals surface area contributed by atoms with Crippen LogP contribution in [0.5, 0.6) is 5.75 Å². The largest absolute Gasteiger partial charge is 0.491 e. The van der Waals surface area contributed by atoms with Crippen LogP contribution in [0.25, 0.3) is 0 Å². The smallest absolute Gasteiger partial charge is 0.220 e. The molecule has 0 unspecified atom stereocenters. The van der Waals surface area contributed by atoms with E-state index in [0.29, 0.717) is 12.6 Å². The molecule has 2 aromatic rings. The number of ether oxygens (including phenoxy) is 1. The number of primary amides is 1. The average molecular weight is 296 g/mol. The van der Waals surface area contributed by atoms with Gasteiger partial charge in [0.1, 0.15) is 5.75 Å². The first kappa shape index (κ1) is 14.4. The highest BCUT2D eigenvalue weighted by atomic mass is 16.5. The van der Waals surface area contributed by atoms with Gasteiger partial charge in [0.25, 0.3) is 0 Å². The molecule has 0 bridgehead atoms. The van der Waals surface area contributed by atoms with Gasteiger partial charge in [0.05, 0.1) is 18.7 Å². The van der Waals surface area contributed by atoms with Gasteiger partial charge in [0, 0.05) is 6.04 Å². The molecule has 0 aromatic heterocycles. The van der Waals surface area contributed by atoms with Crippen LogP contribution >= 0.6 is 0 Å². The first-order valence-corrected chi connectivity index (χ1v) is 7.56. The molecule has 0 heterocycles. The number of hydrogen-bond donors (Lipinski definition) is 2. The summed E-state index contributed by atoms with van der Waals surface area (Å²) in [7, 11) is 0. The lowest BCUT2D eigenvalue weighted by atomic mass is 10.1. The molecule has 1 aliphatic carbocycles. The molecule has 22 heavy (non-hydrogen) atoms. The summed E-state index contributed by atoms with van der Waals surface area (Å²) in [6, 6.07) is 16.7. The predicted molar refractivity (Wildman–Crippen MR) is 87.0 cm³/mol. The van der Waals surface area contributed by atoms with E-state index in [0.717, 1.165) is 24.3 Å². The van der Waals surface area contributed by atoms with E-state index in [2.05, 4.69) is 29.6 Å². The van der Waals surface area contributed by atoms with E-state index < -0.39 is 0 Å². The second kappa shape index (κ2) is 6.52. The van der Waals surface area contributed by atoms with Crippen molar-refractivity contribution in [2.24, 2.45) is 5.73 Å². The lowest BCUT2D eigenvalue weighted by Crippen LogP contribution is -2.20. The van der Waals surface area contributed by atoms with Crippen molar-refractivity contribution in [1.82, 2.24) is 0 Å². The number of amides is 1. The Balaban J connectivity index is 1.65. The first-order chi connectivity index (χ1) is 10.7. The normalized spacial score (nSPS) is 13.6. The number of para-hydroxylation sites is 2. The van der Waals surface area contributed by atoms with Crippen LogP contribution in [-0.4, -0.2) is 18.6 Å². The summed E-state index contributed by atoms with van der Waals surface area (Å²) in [4.78, 5) is 10.8. The number of nitrogens with two attached hydrogens (primary N) is 1. The quantitative estimate of drug-likeness (QED) is 0.861. The second-order valence-corrected chi connectivity index (χ2v) is 5.58. The molecule has 0 fully saturated rings. The standard InChI is InChI=1S/C18H20N2O2/c19-18(21)9-10-22-17-8-4-3-7-16(17)20-15-11-13-5-1-2-6-14(13)12-15/h1-8,15,20H,9-12H2,(H2,19,21). The van der Waals surface area contributed by atoms with E-state index in [1.165, 1.54) is 11.1 Å². The number of hydrogen-bond acceptors (Lipinski definition) is 3. The van der Waals surface area contributed by atoms with Gasteiger partial charge in [-0.1, -0.05) is 36.4 Å². The molecule has 1 aliphatic rings. The lowest BCUT2D eigenvalue weighted by Gasteiger charge is -2.17. The van der Waals surface area contributed by atoms with Crippen molar-refractivity contribution in [1.29, 1.82) is 0 Å². The molecule has 4 nitrogen and oxygen atoms in total. The molecule has 0 saturated carbocycles. The summed E-state index contributed by atoms with van der Waals surface area (Å²) in [6.07, 6.45) is 2.26. The summed E-state index contributed by atoms with van der Waals surface area (Å²) in [5.74, 6) is 0.413. The van der Waals surface area contributed by atoms with Crippen molar-refractivity contribution in [3.8, 4) is 5.75 Å². The minimum Gasteiger partial charge on any atom is -0.491 e. The Bertz CT molecular complexity index is 645. The Morgan fingerprint density at radius 3 is 2.41 bits per heavy atom. The number of carbonyl (C=O) groups excluding carboxylic acids is 1. The Morgan fingerprint density at radius 2 is 1.73 bits per heavy atom. The Morgan fingerprint density at radius 1 is 1.09 bits per heavy atom. The molecule has 0 radical (unpaired) electrons. The van der Waals surface area contributed by atoms with Crippen molar-refractivity contribution in [3.05, 3.63) is 59.7 Å². The van der Waals surface area contributed by atoms with Crippen LogP contribution in [0.1, 0.15) is 17.5 Å². The monoisotopic (exact) mass is 296 g/mol. The van der Waals surface area contributed by atoms with E-state index in [1.807, 2.05) is 24.3 Å². The topological polar surface area (TPSA) is 64.4 Å². The minimum absolute atomic E-state index is 0.225. The van der Waals surface area contributed by atoms with E-state index in [4.69, 9.17) is 10.5 Å². The predicted octanol–water partition coefficient (Wildman–Crippen LogP) is 2.52. The zero-order chi connectivity index (χ0) is 15.4. The van der Waals surface area contributed by atoms with E-state index in [1.54, 1.807) is 0 Å². The van der Waals surface area contributed by atoms with Crippen LogP contribution in [-0.2, 0) is 17.6 Å². The van der Waals surface area contributed by atoms with Crippen molar-refractivity contribution in [3.63, 3.8) is 0 Å². The number of fused-ring (bicyclic) bond motifs is 1. The molecule has 3 rings (SSSR count). The summed E-state index contributed by atoms with van der Waals surface area (Å²) in [5, 5.41) is 3.55. The van der Waals surface area contributed by atoms with Crippen LogP contribution in [0, 0.1) is 0 Å². The third-order valence-corrected chi connectivity index (χ3v) is 3.90. The SMILES string of the molecule is NC(=O)CCOc1ccccc1NC1Cc2ccccc2C1. The molecule has 0 spiro atoms. The first-order valence-electron chi connectivity index (χ1n) is 7.56. The fourth-order valence-corrected chi connectivity index (χ4v) is 2.85. The number of rotatable bonds is 6. The average Bonchev–Trinajstić information content (AvgIpc) is 2.91. The summed E-state index contributed by atoms with van der Waals surface area (Å²) >= 11 is 0. The molecule has 4 heteroatoms. The fourth-order valence-electron chi connectivity index (χ4n) is 2.85. The number of carbonyl (C=O) groups is 1. The molecule has 114 valence electrons. The molecule has 3 N–H and O–H groups in total. The molecular weight excluding hydrogens is 276 g/mol. The van der Waals surface area contributed by atoms with Gasteiger partial charge in [-0.25, -0.2) is 0 Å². The molecular formula is C18H20N2O2. The Labute approximate surface area is 130 Å². The molecule has 2 aromatic carbocycles. The maximum atomic E-state index is 10.8. The van der Waals surface area contributed by atoms with Gasteiger partial charge in [0.2, 0.25) is 5.91 Å². The van der Waals surface area contributed by atoms with E-state index in [9.17, 15) is 4.79 Å². The van der Waals surface area contributed by atoms with Crippen molar-refractivity contribution >= 4 is 11.6 Å². The Hall–Kier alpha value is -2.49. The highest BCUT2D eigenvalue weighted by molar-refractivity contribution is 5.73. The van der Waals surface area contributed by atoms with Crippen molar-refractivity contribution in [2.45, 2.75) is 25.3 Å². The maximum absolute atomic E-state index is 10.8. The fraction of sp³-hybridized carbons (Fsp3) is 0.278. The van der Waals surface area contributed by atoms with Gasteiger partial charge in [-0.15, -0.1) is 0 Å². The molecule has 0 aliphatic heterocycles. The summed E-state index contributed by atoms with van der Waals surface area (Å²) < 4.78 is 5.67. The second-order valence-electron chi connectivity index (χ2n) is 5.58. The summed E-state index contributed by atoms with van der Waals surface area (Å²) in [5.41, 5.74) is 8.92. The van der Waals surface area contributed by atoms with E-state index in [-0.39, 0.29) is 12.3 Å². The van der Waals surface area contributed by atoms with Gasteiger partial charge in [0.15, 0.2) is 0 Å². The van der Waals surface area contributed by atoms with Gasteiger partial charge >= 0.3 is 0 Å². The number of benzene rings is 2. The molecule has 0 atom stereocenters. The van der Waals surface area contributed by atoms with Crippen LogP contribution in [0.4, 0.5) is 5.69 Å². The van der Waals surface area contributed by atoms with Crippen LogP contribution in [0.3, 0.4) is 0 Å². The lowest BCUT2D eigenvalue weighted by molar-refractivity contribution is -0.118. The zero-order valence-corrected chi connectivity index (χ0v) is 12.4. The Kier molecular flexibility index (Phi) is 4.28. The van der Waals surface area contributed by atoms with E-state index >= 15 is 0 Å². The summed E-state index contributed by atoms with van der Waals surface area (Å²) in [6.45, 7) is 0.304. The van der Waals surface area contributed by atoms with Gasteiger partial charge in [-0.3, -0.25) is 4.79 Å². The molecule has 1 amide bonds. The maximum Gasteiger partial charge on any atom is 0.220 e. The van der Waals surface area contributed by atoms with Gasteiger partial charge in [-0.05, 0) is 36.1 Å². The third-order valence-electron chi connectivity index (χ3n) is 3.90. The highest BCUT2D eigenvalue weighted by Gasteiger charge is 2.21. The van der Waals surface area contributed by atoms with Crippen molar-refractivity contribution in [2.75, 3.05) is 11.9 Å². The third kappa shape index (κ3) is 3.39. The number of anilines is 1. The van der Waals surface area contributed by atoms with Crippen molar-refractivity contribution < 1.29 is 9.53 Å². The van der Waals surface area contributed by atoms with Crippen LogP contribution in [0.15, 0.2) is 48.5 Å². The van der Waals surface area contributed by atoms with Gasteiger partial charge in [-0.2, -0.15) is 0 Å². The molecule has 0 saturated heterocycles. The van der Waals surface area contributed by atoms with Gasteiger partial charge < -0.3 is 15.8 Å².